The fraction of sp³-hybridized carbons (Fsp3) is 1.00. The quantitative estimate of drug-likeness (QED) is 0.732. The van der Waals surface area contributed by atoms with Gasteiger partial charge in [-0.15, -0.1) is 0 Å². The molecule has 0 amide bonds. The first-order valence-corrected chi connectivity index (χ1v) is 7.71. The molecule has 1 aliphatic carbocycles. The predicted octanol–water partition coefficient (Wildman–Crippen LogP) is 2.07. The zero-order valence-corrected chi connectivity index (χ0v) is 11.1. The predicted molar refractivity (Wildman–Crippen MR) is 64.3 cm³/mol. The van der Waals surface area contributed by atoms with Crippen molar-refractivity contribution < 1.29 is 12.7 Å². The third-order valence-electron chi connectivity index (χ3n) is 2.82. The lowest BCUT2D eigenvalue weighted by atomic mass is 9.89. The van der Waals surface area contributed by atoms with Crippen molar-refractivity contribution in [3.63, 3.8) is 0 Å². The smallest absolute Gasteiger partial charge is 0.198 e. The van der Waals surface area contributed by atoms with Crippen LogP contribution < -0.4 is 5.48 Å². The number of hydrogen-bond donors (Lipinski definition) is 1. The van der Waals surface area contributed by atoms with Crippen LogP contribution in [-0.4, -0.2) is 20.7 Å². The molecule has 96 valence electrons. The van der Waals surface area contributed by atoms with Gasteiger partial charge in [-0.3, -0.25) is 0 Å². The normalized spacial score (nSPS) is 19.2. The first-order valence-electron chi connectivity index (χ1n) is 6.13. The minimum atomic E-state index is -3.39. The molecular formula is C11H23NO3S. The van der Waals surface area contributed by atoms with Crippen molar-refractivity contribution >= 4 is 10.1 Å². The highest BCUT2D eigenvalue weighted by Crippen LogP contribution is 2.22. The highest BCUT2D eigenvalue weighted by atomic mass is 32.2. The highest BCUT2D eigenvalue weighted by Gasteiger charge is 2.17. The van der Waals surface area contributed by atoms with Crippen molar-refractivity contribution in [1.29, 1.82) is 0 Å². The largest absolute Gasteiger partial charge is 0.283 e. The summed E-state index contributed by atoms with van der Waals surface area (Å²) in [5.74, 6) is 0.745. The van der Waals surface area contributed by atoms with Crippen LogP contribution in [0.25, 0.3) is 0 Å². The zero-order chi connectivity index (χ0) is 12.0. The van der Waals surface area contributed by atoms with Crippen molar-refractivity contribution in [3.8, 4) is 0 Å². The standard InChI is InChI=1S/C11H23NO3S/c1-10(2)9-16(13,14)15-12-8-11-6-4-3-5-7-11/h10-12H,3-9H2,1-2H3. The number of hydroxylamine groups is 1. The van der Waals surface area contributed by atoms with Gasteiger partial charge in [-0.05, 0) is 24.7 Å². The van der Waals surface area contributed by atoms with Gasteiger partial charge in [0.2, 0.25) is 0 Å². The maximum atomic E-state index is 11.4. The molecule has 0 aromatic heterocycles. The van der Waals surface area contributed by atoms with Crippen LogP contribution in [-0.2, 0) is 14.4 Å². The van der Waals surface area contributed by atoms with Crippen LogP contribution in [0.1, 0.15) is 46.0 Å². The molecule has 1 fully saturated rings. The molecule has 0 aromatic carbocycles. The molecule has 1 saturated carbocycles. The van der Waals surface area contributed by atoms with Crippen molar-refractivity contribution in [2.24, 2.45) is 11.8 Å². The Morgan fingerprint density at radius 3 is 2.44 bits per heavy atom. The van der Waals surface area contributed by atoms with Gasteiger partial charge in [0.05, 0.1) is 5.75 Å². The molecule has 1 aliphatic rings. The van der Waals surface area contributed by atoms with Crippen molar-refractivity contribution in [2.45, 2.75) is 46.0 Å². The molecule has 0 heterocycles. The average Bonchev–Trinajstić information content (AvgIpc) is 2.16. The summed E-state index contributed by atoms with van der Waals surface area (Å²) in [6.45, 7) is 4.38. The number of rotatable bonds is 6. The van der Waals surface area contributed by atoms with E-state index in [-0.39, 0.29) is 11.7 Å². The fourth-order valence-electron chi connectivity index (χ4n) is 2.08. The second-order valence-corrected chi connectivity index (χ2v) is 6.67. The third-order valence-corrected chi connectivity index (χ3v) is 4.27. The van der Waals surface area contributed by atoms with Gasteiger partial charge in [-0.1, -0.05) is 33.1 Å². The maximum absolute atomic E-state index is 11.4. The van der Waals surface area contributed by atoms with Crippen LogP contribution >= 0.6 is 0 Å². The van der Waals surface area contributed by atoms with Gasteiger partial charge in [0.25, 0.3) is 10.1 Å². The molecule has 0 unspecified atom stereocenters. The Morgan fingerprint density at radius 1 is 1.25 bits per heavy atom. The van der Waals surface area contributed by atoms with Crippen LogP contribution in [0.3, 0.4) is 0 Å². The van der Waals surface area contributed by atoms with E-state index in [1.807, 2.05) is 13.8 Å². The average molecular weight is 249 g/mol. The van der Waals surface area contributed by atoms with E-state index in [9.17, 15) is 8.42 Å². The number of hydrogen-bond acceptors (Lipinski definition) is 4. The van der Waals surface area contributed by atoms with E-state index >= 15 is 0 Å². The van der Waals surface area contributed by atoms with Crippen LogP contribution in [0.5, 0.6) is 0 Å². The molecular weight excluding hydrogens is 226 g/mol. The van der Waals surface area contributed by atoms with Crippen molar-refractivity contribution in [2.75, 3.05) is 12.3 Å². The Bertz CT molecular complexity index is 282. The van der Waals surface area contributed by atoms with Crippen LogP contribution in [0, 0.1) is 11.8 Å². The SMILES string of the molecule is CC(C)CS(=O)(=O)ONCC1CCCCC1. The summed E-state index contributed by atoms with van der Waals surface area (Å²) in [4.78, 5) is 0. The Kier molecular flexibility index (Phi) is 5.72. The van der Waals surface area contributed by atoms with Crippen molar-refractivity contribution in [3.05, 3.63) is 0 Å². The Morgan fingerprint density at radius 2 is 1.88 bits per heavy atom. The summed E-state index contributed by atoms with van der Waals surface area (Å²) >= 11 is 0. The molecule has 5 heteroatoms. The molecule has 1 rings (SSSR count). The molecule has 1 N–H and O–H groups in total. The van der Waals surface area contributed by atoms with Gasteiger partial charge in [0.1, 0.15) is 0 Å². The fourth-order valence-corrected chi connectivity index (χ4v) is 3.21. The van der Waals surface area contributed by atoms with Gasteiger partial charge < -0.3 is 0 Å². The molecule has 0 radical (unpaired) electrons. The summed E-state index contributed by atoms with van der Waals surface area (Å²) < 4.78 is 27.6. The Labute approximate surface area is 98.8 Å². The van der Waals surface area contributed by atoms with Gasteiger partial charge >= 0.3 is 0 Å². The van der Waals surface area contributed by atoms with E-state index in [1.165, 1.54) is 32.1 Å². The van der Waals surface area contributed by atoms with Crippen LogP contribution in [0.4, 0.5) is 0 Å². The zero-order valence-electron chi connectivity index (χ0n) is 10.2. The van der Waals surface area contributed by atoms with Gasteiger partial charge in [-0.25, -0.2) is 0 Å². The number of nitrogens with one attached hydrogen (secondary N) is 1. The first-order chi connectivity index (χ1) is 7.49. The molecule has 0 saturated heterocycles. The van der Waals surface area contributed by atoms with Crippen LogP contribution in [0.2, 0.25) is 0 Å². The Balaban J connectivity index is 2.18. The molecule has 0 aliphatic heterocycles. The second kappa shape index (κ2) is 6.57. The molecule has 0 bridgehead atoms. The third kappa shape index (κ3) is 5.82. The minimum absolute atomic E-state index is 0.0741. The molecule has 0 atom stereocenters. The minimum Gasteiger partial charge on any atom is -0.198 e. The highest BCUT2D eigenvalue weighted by molar-refractivity contribution is 7.86. The van der Waals surface area contributed by atoms with Gasteiger partial charge in [0.15, 0.2) is 0 Å². The van der Waals surface area contributed by atoms with Crippen LogP contribution in [0.15, 0.2) is 0 Å². The molecule has 16 heavy (non-hydrogen) atoms. The molecule has 0 aromatic rings. The lowest BCUT2D eigenvalue weighted by Crippen LogP contribution is -2.29. The van der Waals surface area contributed by atoms with E-state index in [0.29, 0.717) is 12.5 Å². The summed E-state index contributed by atoms with van der Waals surface area (Å²) in [6, 6.07) is 0. The lowest BCUT2D eigenvalue weighted by molar-refractivity contribution is 0.170. The Hall–Kier alpha value is -0.130. The lowest BCUT2D eigenvalue weighted by Gasteiger charge is -2.21. The van der Waals surface area contributed by atoms with E-state index in [1.54, 1.807) is 0 Å². The summed E-state index contributed by atoms with van der Waals surface area (Å²) in [7, 11) is -3.39. The van der Waals surface area contributed by atoms with E-state index in [0.717, 1.165) is 0 Å². The first kappa shape index (κ1) is 13.9. The molecule has 4 nitrogen and oxygen atoms in total. The van der Waals surface area contributed by atoms with E-state index in [4.69, 9.17) is 4.28 Å². The second-order valence-electron chi connectivity index (χ2n) is 5.05. The van der Waals surface area contributed by atoms with Gasteiger partial charge in [0, 0.05) is 6.54 Å². The molecule has 0 spiro atoms. The van der Waals surface area contributed by atoms with Crippen molar-refractivity contribution in [1.82, 2.24) is 5.48 Å². The van der Waals surface area contributed by atoms with E-state index < -0.39 is 10.1 Å². The summed E-state index contributed by atoms with van der Waals surface area (Å²) in [5, 5.41) is 0. The van der Waals surface area contributed by atoms with E-state index in [2.05, 4.69) is 5.48 Å². The van der Waals surface area contributed by atoms with Gasteiger partial charge in [-0.2, -0.15) is 18.2 Å². The topological polar surface area (TPSA) is 55.4 Å². The maximum Gasteiger partial charge on any atom is 0.283 e. The summed E-state index contributed by atoms with van der Waals surface area (Å²) in [6.07, 6.45) is 6.18. The summed E-state index contributed by atoms with van der Waals surface area (Å²) in [5.41, 5.74) is 2.61. The monoisotopic (exact) mass is 249 g/mol.